The van der Waals surface area contributed by atoms with Gasteiger partial charge in [-0.3, -0.25) is 4.79 Å². The fourth-order valence-corrected chi connectivity index (χ4v) is 3.79. The van der Waals surface area contributed by atoms with Gasteiger partial charge in [0.15, 0.2) is 5.78 Å². The van der Waals surface area contributed by atoms with Gasteiger partial charge < -0.3 is 0 Å². The number of hydrogen-bond donors (Lipinski definition) is 0. The van der Waals surface area contributed by atoms with Crippen molar-refractivity contribution in [2.45, 2.75) is 19.8 Å². The fourth-order valence-electron chi connectivity index (χ4n) is 3.79. The predicted molar refractivity (Wildman–Crippen MR) is 120 cm³/mol. The van der Waals surface area contributed by atoms with E-state index < -0.39 is 0 Å². The quantitative estimate of drug-likeness (QED) is 0.343. The summed E-state index contributed by atoms with van der Waals surface area (Å²) in [5.74, 6) is 0.0784. The number of carbonyl (C=O) groups is 1. The highest BCUT2D eigenvalue weighted by molar-refractivity contribution is 6.09. The predicted octanol–water partition coefficient (Wildman–Crippen LogP) is 6.68. The van der Waals surface area contributed by atoms with E-state index in [4.69, 9.17) is 0 Å². The number of ketones is 1. The number of rotatable bonds is 6. The van der Waals surface area contributed by atoms with Crippen molar-refractivity contribution >= 4 is 5.78 Å². The summed E-state index contributed by atoms with van der Waals surface area (Å²) in [6.45, 7) is 2.20. The van der Waals surface area contributed by atoms with Crippen molar-refractivity contribution in [1.29, 1.82) is 0 Å². The monoisotopic (exact) mass is 376 g/mol. The molecule has 1 heteroatoms. The lowest BCUT2D eigenvalue weighted by molar-refractivity contribution is 0.103. The third-order valence-electron chi connectivity index (χ3n) is 5.44. The number of aryl methyl sites for hydroxylation is 2. The molecule has 0 aliphatic carbocycles. The van der Waals surface area contributed by atoms with Crippen molar-refractivity contribution in [3.63, 3.8) is 0 Å². The molecule has 0 bridgehead atoms. The first kappa shape index (κ1) is 18.9. The number of carbonyl (C=O) groups excluding carboxylic acids is 1. The van der Waals surface area contributed by atoms with Crippen molar-refractivity contribution in [3.8, 4) is 11.1 Å². The van der Waals surface area contributed by atoms with E-state index in [9.17, 15) is 4.79 Å². The van der Waals surface area contributed by atoms with Gasteiger partial charge in [-0.15, -0.1) is 0 Å². The van der Waals surface area contributed by atoms with Crippen LogP contribution in [-0.4, -0.2) is 5.78 Å². The Morgan fingerprint density at radius 3 is 2.07 bits per heavy atom. The van der Waals surface area contributed by atoms with E-state index >= 15 is 0 Å². The summed E-state index contributed by atoms with van der Waals surface area (Å²) in [4.78, 5) is 12.7. The Morgan fingerprint density at radius 1 is 0.655 bits per heavy atom. The molecule has 0 fully saturated rings. The maximum absolute atomic E-state index is 12.7. The van der Waals surface area contributed by atoms with Crippen LogP contribution in [0.2, 0.25) is 0 Å². The van der Waals surface area contributed by atoms with E-state index in [0.29, 0.717) is 0 Å². The fraction of sp³-hybridized carbons (Fsp3) is 0.107. The average molecular weight is 376 g/mol. The zero-order valence-corrected chi connectivity index (χ0v) is 16.6. The molecule has 0 saturated heterocycles. The van der Waals surface area contributed by atoms with E-state index in [1.807, 2.05) is 54.6 Å². The highest BCUT2D eigenvalue weighted by atomic mass is 16.1. The van der Waals surface area contributed by atoms with Crippen LogP contribution in [0.15, 0.2) is 103 Å². The van der Waals surface area contributed by atoms with Gasteiger partial charge in [-0.25, -0.2) is 0 Å². The minimum absolute atomic E-state index is 0.0784. The summed E-state index contributed by atoms with van der Waals surface area (Å²) < 4.78 is 0. The van der Waals surface area contributed by atoms with Crippen LogP contribution < -0.4 is 0 Å². The highest BCUT2D eigenvalue weighted by Gasteiger charge is 2.10. The minimum atomic E-state index is 0.0784. The molecule has 0 aliphatic heterocycles. The molecule has 0 saturated carbocycles. The van der Waals surface area contributed by atoms with Crippen LogP contribution in [0.25, 0.3) is 11.1 Å². The first-order valence-electron chi connectivity index (χ1n) is 10.0. The Hall–Kier alpha value is -3.45. The smallest absolute Gasteiger partial charge is 0.193 e. The lowest BCUT2D eigenvalue weighted by Crippen LogP contribution is -2.02. The van der Waals surface area contributed by atoms with Crippen molar-refractivity contribution < 1.29 is 4.79 Å². The molecule has 0 spiro atoms. The molecule has 142 valence electrons. The van der Waals surface area contributed by atoms with E-state index in [1.165, 1.54) is 27.8 Å². The van der Waals surface area contributed by atoms with Crippen LogP contribution in [0.5, 0.6) is 0 Å². The molecule has 0 aliphatic rings. The number of benzene rings is 4. The SMILES string of the molecule is Cc1c(CCc2cccc(C(=O)c3ccccc3)c2)cccc1-c1ccccc1. The molecule has 29 heavy (non-hydrogen) atoms. The van der Waals surface area contributed by atoms with Gasteiger partial charge in [0.2, 0.25) is 0 Å². The van der Waals surface area contributed by atoms with E-state index in [1.54, 1.807) is 0 Å². The van der Waals surface area contributed by atoms with Gasteiger partial charge in [0, 0.05) is 11.1 Å². The Balaban J connectivity index is 1.52. The molecule has 0 atom stereocenters. The van der Waals surface area contributed by atoms with Crippen molar-refractivity contribution in [2.24, 2.45) is 0 Å². The van der Waals surface area contributed by atoms with Gasteiger partial charge in [0.1, 0.15) is 0 Å². The Morgan fingerprint density at radius 2 is 1.31 bits per heavy atom. The molecular formula is C28H24O. The molecule has 0 unspecified atom stereocenters. The maximum Gasteiger partial charge on any atom is 0.193 e. The Labute approximate surface area is 172 Å². The van der Waals surface area contributed by atoms with E-state index in [2.05, 4.69) is 55.5 Å². The van der Waals surface area contributed by atoms with E-state index in [-0.39, 0.29) is 5.78 Å². The summed E-state index contributed by atoms with van der Waals surface area (Å²) >= 11 is 0. The molecule has 1 nitrogen and oxygen atoms in total. The number of hydrogen-bond acceptors (Lipinski definition) is 1. The summed E-state index contributed by atoms with van der Waals surface area (Å²) in [7, 11) is 0. The minimum Gasteiger partial charge on any atom is -0.289 e. The molecular weight excluding hydrogens is 352 g/mol. The standard InChI is InChI=1S/C28H24O/c1-21-23(15-9-17-27(21)24-11-4-2-5-12-24)19-18-22-10-8-16-26(20-22)28(29)25-13-6-3-7-14-25/h2-17,20H,18-19H2,1H3. The molecule has 4 aromatic carbocycles. The molecule has 0 amide bonds. The summed E-state index contributed by atoms with van der Waals surface area (Å²) in [5, 5.41) is 0. The highest BCUT2D eigenvalue weighted by Crippen LogP contribution is 2.26. The third kappa shape index (κ3) is 4.35. The molecule has 0 aromatic heterocycles. The zero-order valence-electron chi connectivity index (χ0n) is 16.6. The van der Waals surface area contributed by atoms with Crippen molar-refractivity contribution in [2.75, 3.05) is 0 Å². The lowest BCUT2D eigenvalue weighted by atomic mass is 9.93. The summed E-state index contributed by atoms with van der Waals surface area (Å²) in [6, 6.07) is 34.6. The Bertz CT molecular complexity index is 1110. The lowest BCUT2D eigenvalue weighted by Gasteiger charge is -2.12. The van der Waals surface area contributed by atoms with Crippen molar-refractivity contribution in [1.82, 2.24) is 0 Å². The van der Waals surface area contributed by atoms with Gasteiger partial charge >= 0.3 is 0 Å². The average Bonchev–Trinajstić information content (AvgIpc) is 2.79. The molecule has 0 N–H and O–H groups in total. The van der Waals surface area contributed by atoms with Crippen LogP contribution in [-0.2, 0) is 12.8 Å². The molecule has 4 aromatic rings. The maximum atomic E-state index is 12.7. The van der Waals surface area contributed by atoms with Crippen LogP contribution >= 0.6 is 0 Å². The summed E-state index contributed by atoms with van der Waals surface area (Å²) in [5.41, 5.74) is 7.90. The topological polar surface area (TPSA) is 17.1 Å². The van der Waals surface area contributed by atoms with Gasteiger partial charge in [-0.05, 0) is 53.6 Å². The normalized spacial score (nSPS) is 10.7. The van der Waals surface area contributed by atoms with Gasteiger partial charge in [0.25, 0.3) is 0 Å². The largest absolute Gasteiger partial charge is 0.289 e. The van der Waals surface area contributed by atoms with Crippen LogP contribution in [0.4, 0.5) is 0 Å². The second-order valence-corrected chi connectivity index (χ2v) is 7.35. The first-order valence-corrected chi connectivity index (χ1v) is 10.0. The van der Waals surface area contributed by atoms with Gasteiger partial charge in [0.05, 0.1) is 0 Å². The van der Waals surface area contributed by atoms with Crippen LogP contribution in [0.1, 0.15) is 32.6 Å². The zero-order chi connectivity index (χ0) is 20.1. The van der Waals surface area contributed by atoms with Gasteiger partial charge in [-0.1, -0.05) is 97.1 Å². The second-order valence-electron chi connectivity index (χ2n) is 7.35. The Kier molecular flexibility index (Phi) is 5.67. The third-order valence-corrected chi connectivity index (χ3v) is 5.44. The van der Waals surface area contributed by atoms with Crippen molar-refractivity contribution in [3.05, 3.63) is 131 Å². The van der Waals surface area contributed by atoms with Crippen LogP contribution in [0, 0.1) is 6.92 Å². The van der Waals surface area contributed by atoms with E-state index in [0.717, 1.165) is 24.0 Å². The molecule has 4 rings (SSSR count). The molecule has 0 radical (unpaired) electrons. The second kappa shape index (κ2) is 8.70. The first-order chi connectivity index (χ1) is 14.2. The molecule has 0 heterocycles. The van der Waals surface area contributed by atoms with Crippen LogP contribution in [0.3, 0.4) is 0 Å². The summed E-state index contributed by atoms with van der Waals surface area (Å²) in [6.07, 6.45) is 1.87. The van der Waals surface area contributed by atoms with Gasteiger partial charge in [-0.2, -0.15) is 0 Å².